The van der Waals surface area contributed by atoms with Crippen LogP contribution in [-0.4, -0.2) is 4.98 Å². The van der Waals surface area contributed by atoms with E-state index in [4.69, 9.17) is 17.3 Å². The van der Waals surface area contributed by atoms with Gasteiger partial charge in [0.25, 0.3) is 0 Å². The van der Waals surface area contributed by atoms with Crippen LogP contribution in [0.4, 0.5) is 0 Å². The summed E-state index contributed by atoms with van der Waals surface area (Å²) in [7, 11) is 0. The van der Waals surface area contributed by atoms with Crippen molar-refractivity contribution in [2.75, 3.05) is 0 Å². The Hall–Kier alpha value is -1.38. The van der Waals surface area contributed by atoms with Crippen LogP contribution in [0, 0.1) is 0 Å². The van der Waals surface area contributed by atoms with Gasteiger partial charge in [-0.25, -0.2) is 0 Å². The van der Waals surface area contributed by atoms with Crippen molar-refractivity contribution in [1.82, 2.24) is 4.98 Å². The van der Waals surface area contributed by atoms with Crippen LogP contribution in [0.2, 0.25) is 5.02 Å². The molecular weight excluding hydrogens is 208 g/mol. The molecule has 76 valence electrons. The average Bonchev–Trinajstić information content (AvgIpc) is 2.29. The molecule has 0 unspecified atom stereocenters. The first-order valence-electron chi connectivity index (χ1n) is 4.71. The van der Waals surface area contributed by atoms with Crippen molar-refractivity contribution < 1.29 is 0 Å². The molecule has 1 heterocycles. The topological polar surface area (TPSA) is 38.9 Å². The molecule has 0 aliphatic carbocycles. The molecule has 2 aromatic rings. The summed E-state index contributed by atoms with van der Waals surface area (Å²) < 4.78 is 0. The fourth-order valence-electron chi connectivity index (χ4n) is 1.52. The van der Waals surface area contributed by atoms with Gasteiger partial charge in [0, 0.05) is 23.3 Å². The lowest BCUT2D eigenvalue weighted by Gasteiger charge is -2.06. The van der Waals surface area contributed by atoms with Crippen molar-refractivity contribution in [2.45, 2.75) is 6.54 Å². The smallest absolute Gasteiger partial charge is 0.0617 e. The van der Waals surface area contributed by atoms with Crippen LogP contribution in [0.3, 0.4) is 0 Å². The molecular formula is C12H11ClN2. The Bertz CT molecular complexity index is 469. The second-order valence-electron chi connectivity index (χ2n) is 3.21. The van der Waals surface area contributed by atoms with E-state index in [-0.39, 0.29) is 0 Å². The quantitative estimate of drug-likeness (QED) is 0.842. The number of hydrogen-bond acceptors (Lipinski definition) is 2. The van der Waals surface area contributed by atoms with E-state index in [0.29, 0.717) is 6.54 Å². The number of rotatable bonds is 2. The molecule has 1 aromatic carbocycles. The Labute approximate surface area is 93.7 Å². The minimum absolute atomic E-state index is 0.433. The Morgan fingerprint density at radius 1 is 1.20 bits per heavy atom. The largest absolute Gasteiger partial charge is 0.325 e. The zero-order chi connectivity index (χ0) is 10.7. The highest BCUT2D eigenvalue weighted by Crippen LogP contribution is 2.24. The Balaban J connectivity index is 2.53. The van der Waals surface area contributed by atoms with Gasteiger partial charge in [-0.1, -0.05) is 29.8 Å². The van der Waals surface area contributed by atoms with Gasteiger partial charge in [-0.3, -0.25) is 4.98 Å². The van der Waals surface area contributed by atoms with Gasteiger partial charge in [-0.2, -0.15) is 0 Å². The molecule has 2 rings (SSSR count). The molecule has 0 amide bonds. The van der Waals surface area contributed by atoms with Gasteiger partial charge in [-0.15, -0.1) is 0 Å². The standard InChI is InChI=1S/C12H11ClN2/c13-10-4-1-3-9(7-10)11-5-2-6-15-12(11)8-14/h1-7H,8,14H2. The second-order valence-corrected chi connectivity index (χ2v) is 3.65. The summed E-state index contributed by atoms with van der Waals surface area (Å²) in [6.45, 7) is 0.433. The lowest BCUT2D eigenvalue weighted by molar-refractivity contribution is 0.994. The molecule has 0 radical (unpaired) electrons. The Morgan fingerprint density at radius 3 is 2.80 bits per heavy atom. The number of halogens is 1. The van der Waals surface area contributed by atoms with E-state index in [1.807, 2.05) is 36.4 Å². The van der Waals surface area contributed by atoms with E-state index < -0.39 is 0 Å². The van der Waals surface area contributed by atoms with Crippen molar-refractivity contribution in [3.05, 3.63) is 53.3 Å². The highest BCUT2D eigenvalue weighted by molar-refractivity contribution is 6.30. The maximum atomic E-state index is 5.94. The number of pyridine rings is 1. The maximum Gasteiger partial charge on any atom is 0.0617 e. The summed E-state index contributed by atoms with van der Waals surface area (Å²) in [5.41, 5.74) is 8.62. The molecule has 2 N–H and O–H groups in total. The molecule has 0 atom stereocenters. The number of nitrogens with two attached hydrogens (primary N) is 1. The third-order valence-electron chi connectivity index (χ3n) is 2.22. The van der Waals surface area contributed by atoms with Crippen LogP contribution in [-0.2, 0) is 6.54 Å². The fraction of sp³-hybridized carbons (Fsp3) is 0.0833. The highest BCUT2D eigenvalue weighted by Gasteiger charge is 2.04. The molecule has 0 aliphatic rings. The van der Waals surface area contributed by atoms with E-state index in [9.17, 15) is 0 Å². The Morgan fingerprint density at radius 2 is 2.07 bits per heavy atom. The summed E-state index contributed by atoms with van der Waals surface area (Å²) in [6.07, 6.45) is 1.75. The predicted molar refractivity (Wildman–Crippen MR) is 62.6 cm³/mol. The van der Waals surface area contributed by atoms with E-state index in [1.54, 1.807) is 6.20 Å². The fourth-order valence-corrected chi connectivity index (χ4v) is 1.71. The summed E-state index contributed by atoms with van der Waals surface area (Å²) in [4.78, 5) is 4.24. The van der Waals surface area contributed by atoms with Gasteiger partial charge in [0.2, 0.25) is 0 Å². The van der Waals surface area contributed by atoms with Gasteiger partial charge < -0.3 is 5.73 Å². The third kappa shape index (κ3) is 2.17. The molecule has 1 aromatic heterocycles. The van der Waals surface area contributed by atoms with E-state index in [2.05, 4.69) is 4.98 Å². The molecule has 0 aliphatic heterocycles. The van der Waals surface area contributed by atoms with Crippen LogP contribution >= 0.6 is 11.6 Å². The molecule has 0 spiro atoms. The molecule has 2 nitrogen and oxygen atoms in total. The van der Waals surface area contributed by atoms with Gasteiger partial charge >= 0.3 is 0 Å². The van der Waals surface area contributed by atoms with Crippen molar-refractivity contribution in [2.24, 2.45) is 5.73 Å². The predicted octanol–water partition coefficient (Wildman–Crippen LogP) is 2.86. The Kier molecular flexibility index (Phi) is 2.99. The molecule has 3 heteroatoms. The van der Waals surface area contributed by atoms with Crippen molar-refractivity contribution >= 4 is 11.6 Å². The lowest BCUT2D eigenvalue weighted by atomic mass is 10.0. The number of aromatic nitrogens is 1. The van der Waals surface area contributed by atoms with Gasteiger partial charge in [0.15, 0.2) is 0 Å². The second kappa shape index (κ2) is 4.43. The van der Waals surface area contributed by atoms with Crippen LogP contribution in [0.1, 0.15) is 5.69 Å². The molecule has 0 fully saturated rings. The lowest BCUT2D eigenvalue weighted by Crippen LogP contribution is -2.01. The van der Waals surface area contributed by atoms with Crippen LogP contribution < -0.4 is 5.73 Å². The van der Waals surface area contributed by atoms with Gasteiger partial charge in [-0.05, 0) is 23.8 Å². The normalized spacial score (nSPS) is 10.3. The van der Waals surface area contributed by atoms with E-state index >= 15 is 0 Å². The monoisotopic (exact) mass is 218 g/mol. The first kappa shape index (κ1) is 10.1. The molecule has 0 bridgehead atoms. The molecule has 15 heavy (non-hydrogen) atoms. The van der Waals surface area contributed by atoms with Crippen molar-refractivity contribution in [3.8, 4) is 11.1 Å². The first-order valence-corrected chi connectivity index (χ1v) is 5.09. The number of benzene rings is 1. The molecule has 0 saturated carbocycles. The number of hydrogen-bond donors (Lipinski definition) is 1. The summed E-state index contributed by atoms with van der Waals surface area (Å²) in [5, 5.41) is 0.722. The van der Waals surface area contributed by atoms with Gasteiger partial charge in [0.1, 0.15) is 0 Å². The average molecular weight is 219 g/mol. The third-order valence-corrected chi connectivity index (χ3v) is 2.45. The van der Waals surface area contributed by atoms with Crippen molar-refractivity contribution in [1.29, 1.82) is 0 Å². The summed E-state index contributed by atoms with van der Waals surface area (Å²) >= 11 is 5.94. The molecule has 0 saturated heterocycles. The van der Waals surface area contributed by atoms with Crippen molar-refractivity contribution in [3.63, 3.8) is 0 Å². The van der Waals surface area contributed by atoms with E-state index in [0.717, 1.165) is 21.8 Å². The number of nitrogens with zero attached hydrogens (tertiary/aromatic N) is 1. The minimum Gasteiger partial charge on any atom is -0.325 e. The van der Waals surface area contributed by atoms with Crippen LogP contribution in [0.5, 0.6) is 0 Å². The SMILES string of the molecule is NCc1ncccc1-c1cccc(Cl)c1. The van der Waals surface area contributed by atoms with Crippen LogP contribution in [0.15, 0.2) is 42.6 Å². The first-order chi connectivity index (χ1) is 7.31. The summed E-state index contributed by atoms with van der Waals surface area (Å²) in [6, 6.07) is 11.6. The van der Waals surface area contributed by atoms with Crippen LogP contribution in [0.25, 0.3) is 11.1 Å². The zero-order valence-electron chi connectivity index (χ0n) is 8.15. The highest BCUT2D eigenvalue weighted by atomic mass is 35.5. The maximum absolute atomic E-state index is 5.94. The summed E-state index contributed by atoms with van der Waals surface area (Å²) in [5.74, 6) is 0. The zero-order valence-corrected chi connectivity index (χ0v) is 8.91. The minimum atomic E-state index is 0.433. The van der Waals surface area contributed by atoms with E-state index in [1.165, 1.54) is 0 Å². The van der Waals surface area contributed by atoms with Gasteiger partial charge in [0.05, 0.1) is 5.69 Å².